The van der Waals surface area contributed by atoms with Gasteiger partial charge in [0.05, 0.1) is 0 Å². The zero-order chi connectivity index (χ0) is 8.53. The SMILES string of the molecule is [CH2]CCCCCCCC([CH2])C. The molecule has 1 unspecified atom stereocenters. The monoisotopic (exact) mass is 154 g/mol. The first-order valence-corrected chi connectivity index (χ1v) is 4.89. The summed E-state index contributed by atoms with van der Waals surface area (Å²) in [5.74, 6) is 0.642. The van der Waals surface area contributed by atoms with Gasteiger partial charge in [-0.3, -0.25) is 0 Å². The summed E-state index contributed by atoms with van der Waals surface area (Å²) in [5.41, 5.74) is 0. The predicted octanol–water partition coefficient (Wildman–Crippen LogP) is 4.02. The minimum Gasteiger partial charge on any atom is -0.0625 e. The molecule has 0 saturated heterocycles. The van der Waals surface area contributed by atoms with Gasteiger partial charge in [-0.2, -0.15) is 0 Å². The van der Waals surface area contributed by atoms with Gasteiger partial charge >= 0.3 is 0 Å². The van der Waals surface area contributed by atoms with Crippen LogP contribution in [0.4, 0.5) is 0 Å². The van der Waals surface area contributed by atoms with E-state index in [0.717, 1.165) is 6.42 Å². The van der Waals surface area contributed by atoms with Gasteiger partial charge in [0.25, 0.3) is 0 Å². The van der Waals surface area contributed by atoms with Crippen molar-refractivity contribution in [1.82, 2.24) is 0 Å². The van der Waals surface area contributed by atoms with Crippen LogP contribution in [0.25, 0.3) is 0 Å². The van der Waals surface area contributed by atoms with Crippen molar-refractivity contribution >= 4 is 0 Å². The first-order valence-electron chi connectivity index (χ1n) is 4.89. The summed E-state index contributed by atoms with van der Waals surface area (Å²) >= 11 is 0. The van der Waals surface area contributed by atoms with E-state index in [1.165, 1.54) is 38.5 Å². The summed E-state index contributed by atoms with van der Waals surface area (Å²) in [7, 11) is 0. The van der Waals surface area contributed by atoms with E-state index in [2.05, 4.69) is 20.8 Å². The average Bonchev–Trinajstić information content (AvgIpc) is 1.96. The van der Waals surface area contributed by atoms with E-state index in [-0.39, 0.29) is 0 Å². The lowest BCUT2D eigenvalue weighted by Crippen LogP contribution is -1.87. The molecule has 2 radical (unpaired) electrons. The molecule has 0 fully saturated rings. The zero-order valence-corrected chi connectivity index (χ0v) is 7.94. The maximum absolute atomic E-state index is 3.96. The lowest BCUT2D eigenvalue weighted by Gasteiger charge is -2.03. The fourth-order valence-corrected chi connectivity index (χ4v) is 1.20. The molecule has 0 heterocycles. The van der Waals surface area contributed by atoms with Crippen LogP contribution in [0.5, 0.6) is 0 Å². The topological polar surface area (TPSA) is 0 Å². The predicted molar refractivity (Wildman–Crippen MR) is 52.2 cm³/mol. The molecule has 0 aromatic heterocycles. The van der Waals surface area contributed by atoms with E-state index in [4.69, 9.17) is 0 Å². The third kappa shape index (κ3) is 10.0. The molecule has 0 spiro atoms. The molecule has 11 heavy (non-hydrogen) atoms. The molecule has 0 heteroatoms. The quantitative estimate of drug-likeness (QED) is 0.486. The van der Waals surface area contributed by atoms with Crippen molar-refractivity contribution in [2.75, 3.05) is 0 Å². The lowest BCUT2D eigenvalue weighted by molar-refractivity contribution is 0.544. The fraction of sp³-hybridized carbons (Fsp3) is 0.818. The second kappa shape index (κ2) is 8.10. The molecule has 0 aromatic rings. The highest BCUT2D eigenvalue weighted by molar-refractivity contribution is 4.54. The number of hydrogen-bond acceptors (Lipinski definition) is 0. The van der Waals surface area contributed by atoms with Gasteiger partial charge in [0.1, 0.15) is 0 Å². The zero-order valence-electron chi connectivity index (χ0n) is 7.94. The Balaban J connectivity index is 2.80. The van der Waals surface area contributed by atoms with Gasteiger partial charge in [0.15, 0.2) is 0 Å². The van der Waals surface area contributed by atoms with Crippen molar-refractivity contribution in [1.29, 1.82) is 0 Å². The van der Waals surface area contributed by atoms with Gasteiger partial charge in [-0.05, 0) is 5.92 Å². The van der Waals surface area contributed by atoms with Gasteiger partial charge in [-0.15, -0.1) is 0 Å². The third-order valence-corrected chi connectivity index (χ3v) is 1.95. The molecule has 0 aliphatic carbocycles. The van der Waals surface area contributed by atoms with Gasteiger partial charge in [-0.25, -0.2) is 0 Å². The highest BCUT2D eigenvalue weighted by atomic mass is 14.0. The van der Waals surface area contributed by atoms with Gasteiger partial charge in [0, 0.05) is 0 Å². The van der Waals surface area contributed by atoms with E-state index >= 15 is 0 Å². The summed E-state index contributed by atoms with van der Waals surface area (Å²) in [5, 5.41) is 0. The van der Waals surface area contributed by atoms with E-state index in [9.17, 15) is 0 Å². The lowest BCUT2D eigenvalue weighted by atomic mass is 10.0. The molecule has 0 rings (SSSR count). The Morgan fingerprint density at radius 1 is 1.00 bits per heavy atom. The molecular weight excluding hydrogens is 132 g/mol. The Morgan fingerprint density at radius 3 is 2.09 bits per heavy atom. The van der Waals surface area contributed by atoms with Crippen LogP contribution in [0, 0.1) is 19.8 Å². The highest BCUT2D eigenvalue weighted by Gasteiger charge is 1.93. The molecule has 0 N–H and O–H groups in total. The van der Waals surface area contributed by atoms with E-state index in [1.807, 2.05) is 0 Å². The van der Waals surface area contributed by atoms with E-state index in [0.29, 0.717) is 5.92 Å². The van der Waals surface area contributed by atoms with Crippen LogP contribution in [0.2, 0.25) is 0 Å². The Labute approximate surface area is 72.4 Å². The Hall–Kier alpha value is 0. The second-order valence-corrected chi connectivity index (χ2v) is 3.52. The fourth-order valence-electron chi connectivity index (χ4n) is 1.20. The maximum atomic E-state index is 3.96. The van der Waals surface area contributed by atoms with Crippen molar-refractivity contribution in [2.45, 2.75) is 51.9 Å². The Bertz CT molecular complexity index is 64.4. The van der Waals surface area contributed by atoms with Crippen molar-refractivity contribution in [3.8, 4) is 0 Å². The molecule has 0 amide bonds. The molecule has 0 aliphatic heterocycles. The van der Waals surface area contributed by atoms with E-state index in [1.54, 1.807) is 0 Å². The van der Waals surface area contributed by atoms with Crippen LogP contribution in [-0.2, 0) is 0 Å². The van der Waals surface area contributed by atoms with Crippen LogP contribution in [0.15, 0.2) is 0 Å². The molecule has 66 valence electrons. The summed E-state index contributed by atoms with van der Waals surface area (Å²) in [6.07, 6.45) is 9.22. The second-order valence-electron chi connectivity index (χ2n) is 3.52. The molecule has 0 bridgehead atoms. The van der Waals surface area contributed by atoms with Crippen LogP contribution < -0.4 is 0 Å². The van der Waals surface area contributed by atoms with Gasteiger partial charge in [0.2, 0.25) is 0 Å². The molecule has 0 aromatic carbocycles. The molecule has 0 nitrogen and oxygen atoms in total. The average molecular weight is 154 g/mol. The maximum Gasteiger partial charge on any atom is -0.0443 e. The molecule has 0 saturated carbocycles. The molecular formula is C11H22. The van der Waals surface area contributed by atoms with Crippen molar-refractivity contribution in [2.24, 2.45) is 5.92 Å². The summed E-state index contributed by atoms with van der Waals surface area (Å²) < 4.78 is 0. The van der Waals surface area contributed by atoms with E-state index < -0.39 is 0 Å². The summed E-state index contributed by atoms with van der Waals surface area (Å²) in [6.45, 7) is 9.97. The Morgan fingerprint density at radius 2 is 1.55 bits per heavy atom. The smallest absolute Gasteiger partial charge is 0.0443 e. The largest absolute Gasteiger partial charge is 0.0625 e. The highest BCUT2D eigenvalue weighted by Crippen LogP contribution is 2.10. The van der Waals surface area contributed by atoms with Crippen molar-refractivity contribution < 1.29 is 0 Å². The summed E-state index contributed by atoms with van der Waals surface area (Å²) in [4.78, 5) is 0. The van der Waals surface area contributed by atoms with Crippen molar-refractivity contribution in [3.05, 3.63) is 13.8 Å². The number of hydrogen-bond donors (Lipinski definition) is 0. The van der Waals surface area contributed by atoms with Crippen LogP contribution in [0.1, 0.15) is 51.9 Å². The third-order valence-electron chi connectivity index (χ3n) is 1.95. The standard InChI is InChI=1S/C11H22/c1-4-5-6-7-8-9-10-11(2)3/h11H,1-2,4-10H2,3H3. The number of rotatable bonds is 7. The minimum atomic E-state index is 0.642. The first-order chi connectivity index (χ1) is 5.27. The first kappa shape index (κ1) is 11.0. The van der Waals surface area contributed by atoms with Crippen LogP contribution >= 0.6 is 0 Å². The Kier molecular flexibility index (Phi) is 8.10. The van der Waals surface area contributed by atoms with Gasteiger partial charge < -0.3 is 0 Å². The van der Waals surface area contributed by atoms with Crippen molar-refractivity contribution in [3.63, 3.8) is 0 Å². The van der Waals surface area contributed by atoms with Gasteiger partial charge in [-0.1, -0.05) is 65.7 Å². The van der Waals surface area contributed by atoms with Crippen LogP contribution in [0.3, 0.4) is 0 Å². The normalized spacial score (nSPS) is 10.9. The minimum absolute atomic E-state index is 0.642. The molecule has 0 aliphatic rings. The molecule has 1 atom stereocenters. The number of unbranched alkanes of at least 4 members (excludes halogenated alkanes) is 5. The van der Waals surface area contributed by atoms with Crippen LogP contribution in [-0.4, -0.2) is 0 Å². The summed E-state index contributed by atoms with van der Waals surface area (Å²) in [6, 6.07) is 0.